The van der Waals surface area contributed by atoms with Crippen LogP contribution in [0.4, 0.5) is 11.4 Å². The van der Waals surface area contributed by atoms with Gasteiger partial charge in [-0.1, -0.05) is 61.0 Å². The van der Waals surface area contributed by atoms with Crippen molar-refractivity contribution in [2.24, 2.45) is 0 Å². The van der Waals surface area contributed by atoms with Crippen molar-refractivity contribution >= 4 is 23.2 Å². The van der Waals surface area contributed by atoms with Crippen LogP contribution in [0.1, 0.15) is 41.6 Å². The number of amides is 2. The second-order valence-corrected chi connectivity index (χ2v) is 7.55. The molecule has 0 fully saturated rings. The quantitative estimate of drug-likeness (QED) is 0.333. The number of hydrogen-bond acceptors (Lipinski definition) is 3. The second kappa shape index (κ2) is 11.0. The van der Waals surface area contributed by atoms with Gasteiger partial charge in [-0.15, -0.1) is 0 Å². The standard InChI is InChI=1S/C26H29N3O2/c1-19-21(20-11-4-2-5-12-20)13-10-14-22(19)26(31)28-18-9-3-6-17-25(30)29-24-16-8-7-15-23(24)27/h2,4-5,7-8,10-16H,3,6,9,17-18,27H2,1H3,(H,28,31)(H,29,30). The van der Waals surface area contributed by atoms with E-state index in [0.29, 0.717) is 29.9 Å². The Labute approximate surface area is 183 Å². The summed E-state index contributed by atoms with van der Waals surface area (Å²) >= 11 is 0. The highest BCUT2D eigenvalue weighted by Crippen LogP contribution is 2.25. The van der Waals surface area contributed by atoms with E-state index < -0.39 is 0 Å². The topological polar surface area (TPSA) is 84.2 Å². The highest BCUT2D eigenvalue weighted by Gasteiger charge is 2.12. The normalized spacial score (nSPS) is 10.5. The third kappa shape index (κ3) is 6.19. The van der Waals surface area contributed by atoms with Gasteiger partial charge in [0.1, 0.15) is 0 Å². The molecule has 0 unspecified atom stereocenters. The molecular weight excluding hydrogens is 386 g/mol. The van der Waals surface area contributed by atoms with Crippen LogP contribution in [-0.2, 0) is 4.79 Å². The van der Waals surface area contributed by atoms with Crippen molar-refractivity contribution in [3.8, 4) is 11.1 Å². The fraction of sp³-hybridized carbons (Fsp3) is 0.231. The molecule has 5 heteroatoms. The van der Waals surface area contributed by atoms with Gasteiger partial charge in [-0.3, -0.25) is 9.59 Å². The first-order valence-corrected chi connectivity index (χ1v) is 10.6. The monoisotopic (exact) mass is 415 g/mol. The fourth-order valence-corrected chi connectivity index (χ4v) is 3.52. The average molecular weight is 416 g/mol. The first-order valence-electron chi connectivity index (χ1n) is 10.6. The van der Waals surface area contributed by atoms with Gasteiger partial charge in [0.15, 0.2) is 0 Å². The molecule has 0 atom stereocenters. The number of nitrogen functional groups attached to an aromatic ring is 1. The molecule has 0 saturated carbocycles. The Hall–Kier alpha value is -3.60. The number of carbonyl (C=O) groups excluding carboxylic acids is 2. The Morgan fingerprint density at radius 3 is 2.35 bits per heavy atom. The summed E-state index contributed by atoms with van der Waals surface area (Å²) in [5.41, 5.74) is 10.9. The molecule has 0 spiro atoms. The van der Waals surface area contributed by atoms with Gasteiger partial charge < -0.3 is 16.4 Å². The van der Waals surface area contributed by atoms with Crippen LogP contribution >= 0.6 is 0 Å². The minimum atomic E-state index is -0.0624. The zero-order valence-electron chi connectivity index (χ0n) is 17.9. The maximum atomic E-state index is 12.6. The number of benzene rings is 3. The zero-order chi connectivity index (χ0) is 22.1. The smallest absolute Gasteiger partial charge is 0.251 e. The van der Waals surface area contributed by atoms with Crippen LogP contribution in [0, 0.1) is 6.92 Å². The van der Waals surface area contributed by atoms with Crippen LogP contribution in [-0.4, -0.2) is 18.4 Å². The summed E-state index contributed by atoms with van der Waals surface area (Å²) in [7, 11) is 0. The molecule has 3 aromatic carbocycles. The van der Waals surface area contributed by atoms with Crippen LogP contribution in [0.2, 0.25) is 0 Å². The van der Waals surface area contributed by atoms with E-state index in [9.17, 15) is 9.59 Å². The highest BCUT2D eigenvalue weighted by atomic mass is 16.2. The van der Waals surface area contributed by atoms with Crippen molar-refractivity contribution in [3.05, 3.63) is 83.9 Å². The minimum absolute atomic E-state index is 0.0460. The van der Waals surface area contributed by atoms with E-state index in [-0.39, 0.29) is 11.8 Å². The van der Waals surface area contributed by atoms with Crippen molar-refractivity contribution in [2.75, 3.05) is 17.6 Å². The fourth-order valence-electron chi connectivity index (χ4n) is 3.52. The molecule has 31 heavy (non-hydrogen) atoms. The number of rotatable bonds is 9. The van der Waals surface area contributed by atoms with E-state index >= 15 is 0 Å². The number of nitrogens with one attached hydrogen (secondary N) is 2. The van der Waals surface area contributed by atoms with Crippen molar-refractivity contribution in [1.29, 1.82) is 0 Å². The molecule has 0 aromatic heterocycles. The molecule has 0 bridgehead atoms. The summed E-state index contributed by atoms with van der Waals surface area (Å²) in [4.78, 5) is 24.7. The van der Waals surface area contributed by atoms with E-state index in [1.165, 1.54) is 0 Å². The number of anilines is 2. The SMILES string of the molecule is Cc1c(C(=O)NCCCCCC(=O)Nc2ccccc2N)cccc1-c1ccccc1. The van der Waals surface area contributed by atoms with Gasteiger partial charge in [-0.05, 0) is 54.7 Å². The van der Waals surface area contributed by atoms with Crippen LogP contribution < -0.4 is 16.4 Å². The van der Waals surface area contributed by atoms with Crippen molar-refractivity contribution in [3.63, 3.8) is 0 Å². The molecule has 3 aromatic rings. The number of para-hydroxylation sites is 2. The first-order chi connectivity index (χ1) is 15.1. The maximum Gasteiger partial charge on any atom is 0.251 e. The first kappa shape index (κ1) is 22.1. The Morgan fingerprint density at radius 2 is 1.58 bits per heavy atom. The Bertz CT molecular complexity index is 1030. The molecule has 160 valence electrons. The van der Waals surface area contributed by atoms with E-state index in [1.807, 2.05) is 67.6 Å². The van der Waals surface area contributed by atoms with E-state index in [1.54, 1.807) is 12.1 Å². The van der Waals surface area contributed by atoms with Gasteiger partial charge >= 0.3 is 0 Å². The maximum absolute atomic E-state index is 12.6. The molecule has 2 amide bonds. The number of nitrogens with two attached hydrogens (primary N) is 1. The molecule has 0 heterocycles. The largest absolute Gasteiger partial charge is 0.397 e. The summed E-state index contributed by atoms with van der Waals surface area (Å²) in [5, 5.41) is 5.83. The Morgan fingerprint density at radius 1 is 0.839 bits per heavy atom. The minimum Gasteiger partial charge on any atom is -0.397 e. The summed E-state index contributed by atoms with van der Waals surface area (Å²) in [6, 6.07) is 23.1. The van der Waals surface area contributed by atoms with Gasteiger partial charge in [0.05, 0.1) is 11.4 Å². The van der Waals surface area contributed by atoms with Gasteiger partial charge in [-0.25, -0.2) is 0 Å². The Balaban J connectivity index is 1.41. The van der Waals surface area contributed by atoms with Crippen LogP contribution in [0.25, 0.3) is 11.1 Å². The Kier molecular flexibility index (Phi) is 7.82. The van der Waals surface area contributed by atoms with Crippen LogP contribution in [0.5, 0.6) is 0 Å². The van der Waals surface area contributed by atoms with Gasteiger partial charge in [0.25, 0.3) is 5.91 Å². The lowest BCUT2D eigenvalue weighted by Crippen LogP contribution is -2.25. The number of hydrogen-bond donors (Lipinski definition) is 3. The molecule has 0 radical (unpaired) electrons. The van der Waals surface area contributed by atoms with Gasteiger partial charge in [0, 0.05) is 18.5 Å². The van der Waals surface area contributed by atoms with Gasteiger partial charge in [0.2, 0.25) is 5.91 Å². The predicted octanol–water partition coefficient (Wildman–Crippen LogP) is 5.17. The lowest BCUT2D eigenvalue weighted by atomic mass is 9.96. The van der Waals surface area contributed by atoms with Crippen molar-refractivity contribution in [2.45, 2.75) is 32.6 Å². The van der Waals surface area contributed by atoms with E-state index in [2.05, 4.69) is 10.6 Å². The summed E-state index contributed by atoms with van der Waals surface area (Å²) in [5.74, 6) is -0.108. The molecule has 0 aliphatic rings. The van der Waals surface area contributed by atoms with Crippen LogP contribution in [0.15, 0.2) is 72.8 Å². The van der Waals surface area contributed by atoms with E-state index in [0.717, 1.165) is 36.0 Å². The molecule has 5 nitrogen and oxygen atoms in total. The zero-order valence-corrected chi connectivity index (χ0v) is 17.9. The third-order valence-electron chi connectivity index (χ3n) is 5.26. The van der Waals surface area contributed by atoms with Gasteiger partial charge in [-0.2, -0.15) is 0 Å². The summed E-state index contributed by atoms with van der Waals surface area (Å²) in [6.07, 6.45) is 2.88. The van der Waals surface area contributed by atoms with Crippen LogP contribution in [0.3, 0.4) is 0 Å². The van der Waals surface area contributed by atoms with Crippen molar-refractivity contribution in [1.82, 2.24) is 5.32 Å². The van der Waals surface area contributed by atoms with Crippen molar-refractivity contribution < 1.29 is 9.59 Å². The molecule has 0 aliphatic carbocycles. The molecule has 3 rings (SSSR count). The average Bonchev–Trinajstić information content (AvgIpc) is 2.78. The second-order valence-electron chi connectivity index (χ2n) is 7.55. The van der Waals surface area contributed by atoms with E-state index in [4.69, 9.17) is 5.73 Å². The summed E-state index contributed by atoms with van der Waals surface area (Å²) in [6.45, 7) is 2.57. The third-order valence-corrected chi connectivity index (χ3v) is 5.26. The molecule has 0 aliphatic heterocycles. The predicted molar refractivity (Wildman–Crippen MR) is 127 cm³/mol. The summed E-state index contributed by atoms with van der Waals surface area (Å²) < 4.78 is 0. The lowest BCUT2D eigenvalue weighted by Gasteiger charge is -2.12. The molecular formula is C26H29N3O2. The number of carbonyl (C=O) groups is 2. The number of unbranched alkanes of at least 4 members (excludes halogenated alkanes) is 2. The molecule has 4 N–H and O–H groups in total. The molecule has 0 saturated heterocycles. The highest BCUT2D eigenvalue weighted by molar-refractivity contribution is 5.97. The lowest BCUT2D eigenvalue weighted by molar-refractivity contribution is -0.116.